The van der Waals surface area contributed by atoms with Crippen LogP contribution in [0, 0.1) is 5.82 Å². The van der Waals surface area contributed by atoms with Crippen molar-refractivity contribution in [2.75, 3.05) is 51.3 Å². The lowest BCUT2D eigenvalue weighted by atomic mass is 9.81. The molecular formula is C35H41FN8O3. The Kier molecular flexibility index (Phi) is 8.90. The van der Waals surface area contributed by atoms with Crippen LogP contribution in [0.3, 0.4) is 0 Å². The summed E-state index contributed by atoms with van der Waals surface area (Å²) in [5.74, 6) is 1.28. The number of aromatic nitrogens is 5. The summed E-state index contributed by atoms with van der Waals surface area (Å²) in [4.78, 5) is 40.4. The topological polar surface area (TPSA) is 112 Å². The molecule has 7 rings (SSSR count). The minimum absolute atomic E-state index is 0.00873. The number of nitrogens with one attached hydrogen (secondary N) is 1. The van der Waals surface area contributed by atoms with Gasteiger partial charge in [0.1, 0.15) is 5.69 Å². The number of fused-ring (bicyclic) bond motifs is 1. The van der Waals surface area contributed by atoms with E-state index in [0.717, 1.165) is 48.0 Å². The maximum absolute atomic E-state index is 16.5. The van der Waals surface area contributed by atoms with Crippen LogP contribution < -0.4 is 9.64 Å². The fraction of sp³-hybridized carbons (Fsp3) is 0.457. The molecule has 1 saturated carbocycles. The number of rotatable bonds is 8. The Morgan fingerprint density at radius 1 is 1.04 bits per heavy atom. The summed E-state index contributed by atoms with van der Waals surface area (Å²) >= 11 is 0. The van der Waals surface area contributed by atoms with Crippen LogP contribution >= 0.6 is 0 Å². The molecule has 1 saturated heterocycles. The quantitative estimate of drug-likeness (QED) is 0.288. The van der Waals surface area contributed by atoms with Crippen molar-refractivity contribution in [3.8, 4) is 5.75 Å². The maximum atomic E-state index is 16.5. The number of aryl methyl sites for hydroxylation is 1. The molecule has 0 bridgehead atoms. The summed E-state index contributed by atoms with van der Waals surface area (Å²) in [5.41, 5.74) is 3.20. The van der Waals surface area contributed by atoms with E-state index in [1.165, 1.54) is 6.42 Å². The van der Waals surface area contributed by atoms with Gasteiger partial charge in [0.25, 0.3) is 5.91 Å². The Hall–Kier alpha value is -4.74. The van der Waals surface area contributed by atoms with Crippen molar-refractivity contribution in [2.45, 2.75) is 57.4 Å². The highest BCUT2D eigenvalue weighted by Gasteiger charge is 2.29. The summed E-state index contributed by atoms with van der Waals surface area (Å²) < 4.78 is 23.7. The van der Waals surface area contributed by atoms with E-state index in [-0.39, 0.29) is 17.6 Å². The molecule has 3 aromatic heterocycles. The highest BCUT2D eigenvalue weighted by atomic mass is 19.1. The first kappa shape index (κ1) is 30.9. The number of aromatic amines is 1. The molecule has 246 valence electrons. The number of carbonyl (C=O) groups excluding carboxylic acids is 2. The van der Waals surface area contributed by atoms with E-state index in [1.54, 1.807) is 35.3 Å². The van der Waals surface area contributed by atoms with Crippen LogP contribution in [0.1, 0.15) is 72.5 Å². The standard InChI is InChI=1S/C35H41FN8O3/c1-47-30-10-5-12-37-34(30)41-17-19-42(20-18-41)35(46)29-22-28-26(24-7-3-2-4-8-24)21-27(32(36)33(28)39-29)25-9-6-14-43(23-25)31(45)11-15-44-16-13-38-40-44/h5,9-10,12-13,16,21-22,24,39H,2-4,6-8,11,14-15,17-20,23H2,1H3. The lowest BCUT2D eigenvalue weighted by molar-refractivity contribution is -0.131. The molecule has 0 radical (unpaired) electrons. The van der Waals surface area contributed by atoms with Gasteiger partial charge in [-0.05, 0) is 60.6 Å². The van der Waals surface area contributed by atoms with Gasteiger partial charge in [0.15, 0.2) is 17.4 Å². The monoisotopic (exact) mass is 640 g/mol. The Morgan fingerprint density at radius 3 is 2.64 bits per heavy atom. The SMILES string of the molecule is COc1cccnc1N1CCN(C(=O)c2cc3c(C4CCCCC4)cc(C4=CCCN(C(=O)CCn5ccnn5)C4)c(F)c3[nH]2)CC1. The smallest absolute Gasteiger partial charge is 0.270 e. The van der Waals surface area contributed by atoms with Crippen molar-refractivity contribution in [3.63, 3.8) is 0 Å². The second kappa shape index (κ2) is 13.5. The molecule has 5 heterocycles. The molecular weight excluding hydrogens is 599 g/mol. The molecule has 12 heteroatoms. The molecule has 3 aliphatic rings. The van der Waals surface area contributed by atoms with E-state index in [9.17, 15) is 9.59 Å². The molecule has 0 atom stereocenters. The van der Waals surface area contributed by atoms with E-state index in [0.29, 0.717) is 87.1 Å². The number of carbonyl (C=O) groups is 2. The minimum atomic E-state index is -0.367. The molecule has 2 aliphatic heterocycles. The van der Waals surface area contributed by atoms with Gasteiger partial charge >= 0.3 is 0 Å². The second-order valence-corrected chi connectivity index (χ2v) is 12.7. The number of ether oxygens (including phenoxy) is 1. The third kappa shape index (κ3) is 6.33. The number of halogens is 1. The van der Waals surface area contributed by atoms with Crippen molar-refractivity contribution in [1.82, 2.24) is 34.8 Å². The molecule has 2 fully saturated rings. The van der Waals surface area contributed by atoms with Gasteiger partial charge in [-0.1, -0.05) is 30.6 Å². The number of anilines is 1. The number of benzene rings is 1. The van der Waals surface area contributed by atoms with Gasteiger partial charge in [-0.2, -0.15) is 0 Å². The van der Waals surface area contributed by atoms with Crippen molar-refractivity contribution in [3.05, 3.63) is 71.6 Å². The number of hydrogen-bond donors (Lipinski definition) is 1. The normalized spacial score (nSPS) is 17.7. The zero-order chi connectivity index (χ0) is 32.3. The van der Waals surface area contributed by atoms with E-state index in [4.69, 9.17) is 4.74 Å². The van der Waals surface area contributed by atoms with Crippen LogP contribution in [0.15, 0.2) is 48.9 Å². The van der Waals surface area contributed by atoms with Gasteiger partial charge in [-0.15, -0.1) is 5.10 Å². The average molecular weight is 641 g/mol. The summed E-state index contributed by atoms with van der Waals surface area (Å²) in [6.07, 6.45) is 13.7. The van der Waals surface area contributed by atoms with E-state index < -0.39 is 0 Å². The van der Waals surface area contributed by atoms with Gasteiger partial charge in [-0.25, -0.2) is 9.37 Å². The van der Waals surface area contributed by atoms with Crippen molar-refractivity contribution in [2.24, 2.45) is 0 Å². The first-order chi connectivity index (χ1) is 23.0. The van der Waals surface area contributed by atoms with Crippen molar-refractivity contribution < 1.29 is 18.7 Å². The fourth-order valence-electron chi connectivity index (χ4n) is 7.33. The number of methoxy groups -OCH3 is 1. The third-order valence-electron chi connectivity index (χ3n) is 9.87. The van der Waals surface area contributed by atoms with Gasteiger partial charge in [-0.3, -0.25) is 14.3 Å². The molecule has 1 aromatic carbocycles. The lowest BCUT2D eigenvalue weighted by Gasteiger charge is -2.35. The predicted octanol–water partition coefficient (Wildman–Crippen LogP) is 5.02. The molecule has 0 spiro atoms. The molecule has 1 aliphatic carbocycles. The second-order valence-electron chi connectivity index (χ2n) is 12.7. The Labute approximate surface area is 273 Å². The first-order valence-corrected chi connectivity index (χ1v) is 16.7. The van der Waals surface area contributed by atoms with Gasteiger partial charge in [0.2, 0.25) is 5.91 Å². The number of H-pyrrole nitrogens is 1. The van der Waals surface area contributed by atoms with Crippen molar-refractivity contribution in [1.29, 1.82) is 0 Å². The lowest BCUT2D eigenvalue weighted by Crippen LogP contribution is -2.49. The number of amides is 2. The molecule has 1 N–H and O–H groups in total. The van der Waals surface area contributed by atoms with E-state index >= 15 is 4.39 Å². The first-order valence-electron chi connectivity index (χ1n) is 16.7. The Morgan fingerprint density at radius 2 is 1.87 bits per heavy atom. The van der Waals surface area contributed by atoms with Crippen LogP contribution in [0.25, 0.3) is 16.5 Å². The summed E-state index contributed by atoms with van der Waals surface area (Å²) in [6, 6.07) is 7.59. The average Bonchev–Trinajstić information content (AvgIpc) is 3.82. The Bertz CT molecular complexity index is 1770. The fourth-order valence-corrected chi connectivity index (χ4v) is 7.33. The molecule has 47 heavy (non-hydrogen) atoms. The highest BCUT2D eigenvalue weighted by Crippen LogP contribution is 2.40. The zero-order valence-corrected chi connectivity index (χ0v) is 26.8. The predicted molar refractivity (Wildman–Crippen MR) is 177 cm³/mol. The van der Waals surface area contributed by atoms with Crippen LogP contribution in [0.2, 0.25) is 0 Å². The number of piperazine rings is 1. The summed E-state index contributed by atoms with van der Waals surface area (Å²) in [7, 11) is 1.63. The van der Waals surface area contributed by atoms with Crippen LogP contribution in [-0.4, -0.2) is 93.0 Å². The highest BCUT2D eigenvalue weighted by molar-refractivity contribution is 6.00. The molecule has 4 aromatic rings. The Balaban J connectivity index is 1.14. The number of hydrogen-bond acceptors (Lipinski definition) is 7. The van der Waals surface area contributed by atoms with E-state index in [2.05, 4.69) is 31.3 Å². The molecule has 0 unspecified atom stereocenters. The number of pyridine rings is 1. The summed E-state index contributed by atoms with van der Waals surface area (Å²) in [6.45, 7) is 3.67. The van der Waals surface area contributed by atoms with Crippen LogP contribution in [0.5, 0.6) is 5.75 Å². The largest absolute Gasteiger partial charge is 0.493 e. The number of nitrogens with zero attached hydrogens (tertiary/aromatic N) is 7. The van der Waals surface area contributed by atoms with Gasteiger partial charge < -0.3 is 24.4 Å². The molecule has 2 amide bonds. The maximum Gasteiger partial charge on any atom is 0.270 e. The zero-order valence-electron chi connectivity index (χ0n) is 26.8. The third-order valence-corrected chi connectivity index (χ3v) is 9.87. The van der Waals surface area contributed by atoms with Gasteiger partial charge in [0.05, 0.1) is 25.4 Å². The van der Waals surface area contributed by atoms with Crippen LogP contribution in [0.4, 0.5) is 10.2 Å². The van der Waals surface area contributed by atoms with Crippen LogP contribution in [-0.2, 0) is 11.3 Å². The van der Waals surface area contributed by atoms with Gasteiger partial charge in [0, 0.05) is 69.0 Å². The van der Waals surface area contributed by atoms with Crippen molar-refractivity contribution >= 4 is 34.1 Å². The molecule has 11 nitrogen and oxygen atoms in total. The summed E-state index contributed by atoms with van der Waals surface area (Å²) in [5, 5.41) is 8.55. The van der Waals surface area contributed by atoms with E-state index in [1.807, 2.05) is 29.2 Å². The minimum Gasteiger partial charge on any atom is -0.493 e.